The van der Waals surface area contributed by atoms with E-state index >= 15 is 0 Å². The Bertz CT molecular complexity index is 612. The van der Waals surface area contributed by atoms with E-state index in [1.54, 1.807) is 11.9 Å². The summed E-state index contributed by atoms with van der Waals surface area (Å²) in [7, 11) is 0. The van der Waals surface area contributed by atoms with Gasteiger partial charge in [-0.05, 0) is 53.5 Å². The molecule has 23 heavy (non-hydrogen) atoms. The molecule has 1 aliphatic heterocycles. The lowest BCUT2D eigenvalue weighted by Crippen LogP contribution is -2.06. The normalized spacial score (nSPS) is 23.4. The summed E-state index contributed by atoms with van der Waals surface area (Å²) in [6, 6.07) is 0. The van der Waals surface area contributed by atoms with Gasteiger partial charge in [0.05, 0.1) is 5.71 Å². The minimum absolute atomic E-state index is 0.466. The molecule has 2 heteroatoms. The molecule has 0 aromatic carbocycles. The summed E-state index contributed by atoms with van der Waals surface area (Å²) in [5, 5.41) is 0. The summed E-state index contributed by atoms with van der Waals surface area (Å²) in [6.45, 7) is 11.2. The van der Waals surface area contributed by atoms with E-state index in [0.717, 1.165) is 18.6 Å². The van der Waals surface area contributed by atoms with Gasteiger partial charge in [0, 0.05) is 16.9 Å². The molecule has 0 aromatic rings. The first-order chi connectivity index (χ1) is 11.1. The maximum absolute atomic E-state index is 4.75. The van der Waals surface area contributed by atoms with Crippen molar-refractivity contribution in [3.63, 3.8) is 0 Å². The molecule has 0 saturated heterocycles. The van der Waals surface area contributed by atoms with Gasteiger partial charge in [0.2, 0.25) is 0 Å². The molecule has 0 bridgehead atoms. The van der Waals surface area contributed by atoms with E-state index in [9.17, 15) is 0 Å². The van der Waals surface area contributed by atoms with Crippen LogP contribution in [-0.4, -0.2) is 5.71 Å². The fourth-order valence-corrected chi connectivity index (χ4v) is 3.71. The lowest BCUT2D eigenvalue weighted by atomic mass is 9.85. The summed E-state index contributed by atoms with van der Waals surface area (Å²) in [4.78, 5) is 1.26. The lowest BCUT2D eigenvalue weighted by molar-refractivity contribution is 0.833. The van der Waals surface area contributed by atoms with E-state index in [1.807, 2.05) is 0 Å². The zero-order valence-electron chi connectivity index (χ0n) is 15.1. The summed E-state index contributed by atoms with van der Waals surface area (Å²) < 4.78 is 4.75. The Morgan fingerprint density at radius 2 is 2.09 bits per heavy atom. The molecule has 0 fully saturated rings. The molecule has 1 heterocycles. The third kappa shape index (κ3) is 4.60. The van der Waals surface area contributed by atoms with E-state index in [0.29, 0.717) is 11.8 Å². The Kier molecular flexibility index (Phi) is 6.71. The molecular formula is C21H29NS. The van der Waals surface area contributed by atoms with Crippen molar-refractivity contribution in [2.24, 2.45) is 16.2 Å². The first kappa shape index (κ1) is 18.1. The number of hydrogen-bond donors (Lipinski definition) is 0. The van der Waals surface area contributed by atoms with Crippen molar-refractivity contribution in [3.8, 4) is 0 Å². The van der Waals surface area contributed by atoms with Gasteiger partial charge in [-0.3, -0.25) is 0 Å². The van der Waals surface area contributed by atoms with Gasteiger partial charge in [0.1, 0.15) is 0 Å². The summed E-state index contributed by atoms with van der Waals surface area (Å²) in [5.41, 5.74) is 5.41. The maximum atomic E-state index is 4.75. The highest BCUT2D eigenvalue weighted by Crippen LogP contribution is 2.39. The Labute approximate surface area is 146 Å². The van der Waals surface area contributed by atoms with E-state index in [-0.39, 0.29) is 0 Å². The number of allylic oxidation sites excluding steroid dienone is 9. The summed E-state index contributed by atoms with van der Waals surface area (Å²) >= 11 is 1.62. The van der Waals surface area contributed by atoms with E-state index in [1.165, 1.54) is 28.0 Å². The quantitative estimate of drug-likeness (QED) is 0.504. The van der Waals surface area contributed by atoms with Crippen molar-refractivity contribution in [2.75, 3.05) is 0 Å². The van der Waals surface area contributed by atoms with Crippen molar-refractivity contribution < 1.29 is 0 Å². The van der Waals surface area contributed by atoms with Crippen LogP contribution >= 0.6 is 11.9 Å². The highest BCUT2D eigenvalue weighted by atomic mass is 32.2. The van der Waals surface area contributed by atoms with Crippen LogP contribution in [0.4, 0.5) is 0 Å². The first-order valence-corrected chi connectivity index (χ1v) is 9.60. The van der Waals surface area contributed by atoms with Crippen molar-refractivity contribution in [2.45, 2.75) is 53.9 Å². The molecule has 2 aliphatic rings. The van der Waals surface area contributed by atoms with Gasteiger partial charge in [-0.1, -0.05) is 65.3 Å². The second kappa shape index (κ2) is 8.54. The predicted octanol–water partition coefficient (Wildman–Crippen LogP) is 6.82. The zero-order valence-corrected chi connectivity index (χ0v) is 15.9. The van der Waals surface area contributed by atoms with Crippen LogP contribution in [0.15, 0.2) is 62.5 Å². The van der Waals surface area contributed by atoms with E-state index < -0.39 is 0 Å². The third-order valence-electron chi connectivity index (χ3n) is 4.30. The molecule has 0 saturated carbocycles. The fraction of sp³-hybridized carbons (Fsp3) is 0.476. The molecule has 1 aliphatic carbocycles. The van der Waals surface area contributed by atoms with E-state index in [4.69, 9.17) is 4.40 Å². The van der Waals surface area contributed by atoms with Crippen LogP contribution in [0.1, 0.15) is 53.9 Å². The molecule has 1 nitrogen and oxygen atoms in total. The average Bonchev–Trinajstić information content (AvgIpc) is 2.79. The van der Waals surface area contributed by atoms with Crippen molar-refractivity contribution >= 4 is 17.7 Å². The Hall–Kier alpha value is -1.28. The Morgan fingerprint density at radius 1 is 1.30 bits per heavy atom. The standard InChI is InChI=1S/C21H29NS/c1-6-8-10-18-14-19(17(7-2)13-16(18)5)21-12-9-11-20(15(3)4)22-23-21/h9-16H,6-8H2,1-5H3/b18-10-. The Morgan fingerprint density at radius 3 is 2.74 bits per heavy atom. The van der Waals surface area contributed by atoms with Crippen LogP contribution in [-0.2, 0) is 0 Å². The highest BCUT2D eigenvalue weighted by Gasteiger charge is 2.19. The lowest BCUT2D eigenvalue weighted by Gasteiger charge is -2.22. The molecule has 2 rings (SSSR count). The first-order valence-electron chi connectivity index (χ1n) is 8.83. The van der Waals surface area contributed by atoms with Crippen LogP contribution < -0.4 is 0 Å². The number of rotatable bonds is 5. The van der Waals surface area contributed by atoms with Crippen LogP contribution in [0.5, 0.6) is 0 Å². The van der Waals surface area contributed by atoms with Gasteiger partial charge >= 0.3 is 0 Å². The van der Waals surface area contributed by atoms with Crippen LogP contribution in [0.25, 0.3) is 0 Å². The molecule has 124 valence electrons. The maximum Gasteiger partial charge on any atom is 0.0516 e. The van der Waals surface area contributed by atoms with E-state index in [2.05, 4.69) is 71.1 Å². The molecule has 1 atom stereocenters. The fourth-order valence-electron chi connectivity index (χ4n) is 2.81. The zero-order chi connectivity index (χ0) is 16.8. The molecule has 1 unspecified atom stereocenters. The molecule has 0 aromatic heterocycles. The minimum Gasteiger partial charge on any atom is -0.216 e. The number of nitrogens with zero attached hydrogens (tertiary/aromatic N) is 1. The second-order valence-corrected chi connectivity index (χ2v) is 7.34. The molecule has 0 N–H and O–H groups in total. The van der Waals surface area contributed by atoms with Gasteiger partial charge in [-0.15, -0.1) is 0 Å². The van der Waals surface area contributed by atoms with Crippen molar-refractivity contribution in [1.29, 1.82) is 0 Å². The molecule has 0 radical (unpaired) electrons. The molecule has 0 amide bonds. The topological polar surface area (TPSA) is 12.4 Å². The van der Waals surface area contributed by atoms with Crippen molar-refractivity contribution in [1.82, 2.24) is 0 Å². The largest absolute Gasteiger partial charge is 0.216 e. The van der Waals surface area contributed by atoms with Gasteiger partial charge < -0.3 is 0 Å². The van der Waals surface area contributed by atoms with Gasteiger partial charge in [0.25, 0.3) is 0 Å². The van der Waals surface area contributed by atoms with Crippen LogP contribution in [0.3, 0.4) is 0 Å². The minimum atomic E-state index is 0.466. The average molecular weight is 328 g/mol. The molecular weight excluding hydrogens is 298 g/mol. The second-order valence-electron chi connectivity index (χ2n) is 6.54. The summed E-state index contributed by atoms with van der Waals surface area (Å²) in [5.74, 6) is 0.981. The number of unbranched alkanes of at least 4 members (excludes halogenated alkanes) is 1. The summed E-state index contributed by atoms with van der Waals surface area (Å²) in [6.07, 6.45) is 17.1. The van der Waals surface area contributed by atoms with Gasteiger partial charge in [0.15, 0.2) is 0 Å². The van der Waals surface area contributed by atoms with Gasteiger partial charge in [-0.25, -0.2) is 4.40 Å². The van der Waals surface area contributed by atoms with Gasteiger partial charge in [-0.2, -0.15) is 0 Å². The molecule has 0 spiro atoms. The highest BCUT2D eigenvalue weighted by molar-refractivity contribution is 8.02. The monoisotopic (exact) mass is 327 g/mol. The van der Waals surface area contributed by atoms with Crippen molar-refractivity contribution in [3.05, 3.63) is 58.1 Å². The predicted molar refractivity (Wildman–Crippen MR) is 106 cm³/mol. The van der Waals surface area contributed by atoms with Crippen LogP contribution in [0.2, 0.25) is 0 Å². The van der Waals surface area contributed by atoms with Crippen LogP contribution in [0, 0.1) is 11.8 Å². The smallest absolute Gasteiger partial charge is 0.0516 e. The SMILES string of the molecule is CCC/C=C1/C=C(C2=CC=CC(C(C)C)=NS2)C(CC)=CC1C. The Balaban J connectivity index is 2.33. The number of hydrogen-bond acceptors (Lipinski definition) is 2. The third-order valence-corrected chi connectivity index (χ3v) is 5.16.